The van der Waals surface area contributed by atoms with Crippen LogP contribution in [-0.2, 0) is 6.42 Å². The smallest absolute Gasteiger partial charge is 0.257 e. The lowest BCUT2D eigenvalue weighted by Gasteiger charge is -2.04. The fourth-order valence-corrected chi connectivity index (χ4v) is 3.06. The Morgan fingerprint density at radius 2 is 2.09 bits per heavy atom. The average Bonchev–Trinajstić information content (AvgIpc) is 2.82. The number of aromatic hydroxyl groups is 1. The van der Waals surface area contributed by atoms with Crippen LogP contribution < -0.4 is 11.1 Å². The normalized spacial score (nSPS) is 10.2. The number of hydrogen-bond donors (Lipinski definition) is 3. The molecule has 2 aromatic rings. The number of hydrogen-bond acceptors (Lipinski definition) is 5. The largest absolute Gasteiger partial charge is 0.508 e. The topological polar surface area (TPSA) is 88.2 Å². The third-order valence-corrected chi connectivity index (χ3v) is 4.58. The van der Waals surface area contributed by atoms with E-state index in [-0.39, 0.29) is 24.1 Å². The van der Waals surface area contributed by atoms with Crippen LogP contribution >= 0.6 is 23.7 Å². The third kappa shape index (κ3) is 5.20. The molecule has 0 aliphatic rings. The second kappa shape index (κ2) is 8.86. The number of benzene rings is 1. The van der Waals surface area contributed by atoms with Gasteiger partial charge in [-0.3, -0.25) is 10.1 Å². The molecule has 0 aliphatic heterocycles. The molecule has 0 unspecified atom stereocenters. The minimum atomic E-state index is -0.266. The van der Waals surface area contributed by atoms with E-state index in [0.29, 0.717) is 17.2 Å². The number of anilines is 1. The molecular formula is C16H22ClN3O2S. The van der Waals surface area contributed by atoms with Crippen LogP contribution in [0.3, 0.4) is 0 Å². The fraction of sp³-hybridized carbons (Fsp3) is 0.375. The molecule has 0 atom stereocenters. The zero-order valence-corrected chi connectivity index (χ0v) is 14.9. The molecule has 0 saturated carbocycles. The van der Waals surface area contributed by atoms with Crippen LogP contribution in [0.4, 0.5) is 5.13 Å². The number of carbonyl (C=O) groups is 1. The van der Waals surface area contributed by atoms with E-state index in [4.69, 9.17) is 5.73 Å². The predicted octanol–water partition coefficient (Wildman–Crippen LogP) is 3.42. The maximum absolute atomic E-state index is 12.2. The number of rotatable bonds is 6. The summed E-state index contributed by atoms with van der Waals surface area (Å²) in [5, 5.41) is 13.1. The molecule has 1 heterocycles. The number of unbranched alkanes of at least 4 members (excludes halogenated alkanes) is 1. The van der Waals surface area contributed by atoms with Crippen LogP contribution in [0, 0.1) is 13.8 Å². The van der Waals surface area contributed by atoms with Gasteiger partial charge >= 0.3 is 0 Å². The van der Waals surface area contributed by atoms with Crippen molar-refractivity contribution < 1.29 is 9.90 Å². The number of halogens is 1. The number of carbonyl (C=O) groups excluding carboxylic acids is 1. The van der Waals surface area contributed by atoms with Gasteiger partial charge < -0.3 is 10.8 Å². The van der Waals surface area contributed by atoms with E-state index >= 15 is 0 Å². The summed E-state index contributed by atoms with van der Waals surface area (Å²) >= 11 is 1.49. The molecule has 2 rings (SSSR count). The molecule has 0 aliphatic carbocycles. The SMILES string of the molecule is Cc1ccc(C(=O)Nc2nc(C)c(CCCCN)s2)cc1O.Cl. The number of nitrogens with zero attached hydrogens (tertiary/aromatic N) is 1. The molecule has 5 nitrogen and oxygen atoms in total. The van der Waals surface area contributed by atoms with Crippen molar-refractivity contribution in [3.63, 3.8) is 0 Å². The van der Waals surface area contributed by atoms with Crippen molar-refractivity contribution in [2.24, 2.45) is 5.73 Å². The van der Waals surface area contributed by atoms with Crippen LogP contribution in [0.25, 0.3) is 0 Å². The van der Waals surface area contributed by atoms with Crippen LogP contribution in [0.15, 0.2) is 18.2 Å². The number of thiazole rings is 1. The van der Waals surface area contributed by atoms with Gasteiger partial charge in [-0.15, -0.1) is 23.7 Å². The van der Waals surface area contributed by atoms with Crippen molar-refractivity contribution in [2.45, 2.75) is 33.1 Å². The molecule has 0 saturated heterocycles. The zero-order chi connectivity index (χ0) is 16.1. The molecule has 4 N–H and O–H groups in total. The molecule has 126 valence electrons. The quantitative estimate of drug-likeness (QED) is 0.693. The minimum Gasteiger partial charge on any atom is -0.508 e. The summed E-state index contributed by atoms with van der Waals surface area (Å²) in [6.45, 7) is 4.43. The lowest BCUT2D eigenvalue weighted by Crippen LogP contribution is -2.11. The van der Waals surface area contributed by atoms with E-state index in [0.717, 1.165) is 30.5 Å². The van der Waals surface area contributed by atoms with Gasteiger partial charge in [0.25, 0.3) is 5.91 Å². The average molecular weight is 356 g/mol. The minimum absolute atomic E-state index is 0. The first-order valence-electron chi connectivity index (χ1n) is 7.28. The van der Waals surface area contributed by atoms with E-state index in [2.05, 4.69) is 10.3 Å². The van der Waals surface area contributed by atoms with Gasteiger partial charge in [0.2, 0.25) is 0 Å². The highest BCUT2D eigenvalue weighted by Crippen LogP contribution is 2.25. The molecule has 0 fully saturated rings. The molecular weight excluding hydrogens is 334 g/mol. The van der Waals surface area contributed by atoms with Crippen molar-refractivity contribution in [3.05, 3.63) is 39.9 Å². The number of aryl methyl sites for hydroxylation is 3. The maximum Gasteiger partial charge on any atom is 0.257 e. The van der Waals surface area contributed by atoms with Crippen molar-refractivity contribution in [2.75, 3.05) is 11.9 Å². The molecule has 7 heteroatoms. The Balaban J connectivity index is 0.00000264. The van der Waals surface area contributed by atoms with Crippen molar-refractivity contribution in [1.29, 1.82) is 0 Å². The summed E-state index contributed by atoms with van der Waals surface area (Å²) < 4.78 is 0. The summed E-state index contributed by atoms with van der Waals surface area (Å²) in [6.07, 6.45) is 2.95. The number of phenolic OH excluding ortho intramolecular Hbond substituents is 1. The van der Waals surface area contributed by atoms with Gasteiger partial charge in [-0.1, -0.05) is 6.07 Å². The Bertz CT molecular complexity index is 673. The van der Waals surface area contributed by atoms with Crippen molar-refractivity contribution in [1.82, 2.24) is 4.98 Å². The monoisotopic (exact) mass is 355 g/mol. The summed E-state index contributed by atoms with van der Waals surface area (Å²) in [5.74, 6) is -0.150. The van der Waals surface area contributed by atoms with Gasteiger partial charge in [0, 0.05) is 10.4 Å². The number of aromatic nitrogens is 1. The summed E-state index contributed by atoms with van der Waals surface area (Å²) in [4.78, 5) is 17.8. The lowest BCUT2D eigenvalue weighted by atomic mass is 10.1. The Kier molecular flexibility index (Phi) is 7.48. The molecule has 0 spiro atoms. The van der Waals surface area contributed by atoms with E-state index < -0.39 is 0 Å². The Morgan fingerprint density at radius 1 is 1.35 bits per heavy atom. The number of amides is 1. The summed E-state index contributed by atoms with van der Waals surface area (Å²) in [5.41, 5.74) is 7.60. The van der Waals surface area contributed by atoms with E-state index in [1.165, 1.54) is 22.3 Å². The summed E-state index contributed by atoms with van der Waals surface area (Å²) in [7, 11) is 0. The lowest BCUT2D eigenvalue weighted by molar-refractivity contribution is 0.102. The molecule has 1 aromatic heterocycles. The zero-order valence-electron chi connectivity index (χ0n) is 13.3. The van der Waals surface area contributed by atoms with Crippen molar-refractivity contribution >= 4 is 34.8 Å². The van der Waals surface area contributed by atoms with Crippen LogP contribution in [0.2, 0.25) is 0 Å². The molecule has 1 aromatic carbocycles. The van der Waals surface area contributed by atoms with E-state index in [9.17, 15) is 9.90 Å². The van der Waals surface area contributed by atoms with Gasteiger partial charge in [-0.05, 0) is 57.4 Å². The molecule has 0 bridgehead atoms. The highest BCUT2D eigenvalue weighted by atomic mass is 35.5. The Labute approximate surface area is 146 Å². The predicted molar refractivity (Wildman–Crippen MR) is 96.9 cm³/mol. The molecule has 1 amide bonds. The first kappa shape index (κ1) is 19.4. The van der Waals surface area contributed by atoms with Gasteiger partial charge in [-0.25, -0.2) is 4.98 Å². The first-order valence-corrected chi connectivity index (χ1v) is 8.10. The highest BCUT2D eigenvalue weighted by Gasteiger charge is 2.12. The van der Waals surface area contributed by atoms with Gasteiger partial charge in [0.1, 0.15) is 5.75 Å². The number of nitrogens with two attached hydrogens (primary N) is 1. The van der Waals surface area contributed by atoms with Gasteiger partial charge in [-0.2, -0.15) is 0 Å². The first-order chi connectivity index (χ1) is 10.5. The van der Waals surface area contributed by atoms with Crippen molar-refractivity contribution in [3.8, 4) is 5.75 Å². The van der Waals surface area contributed by atoms with Crippen LogP contribution in [-0.4, -0.2) is 22.5 Å². The Morgan fingerprint density at radius 3 is 2.74 bits per heavy atom. The van der Waals surface area contributed by atoms with E-state index in [1.54, 1.807) is 19.1 Å². The standard InChI is InChI=1S/C16H21N3O2S.ClH/c1-10-6-7-12(9-13(10)20)15(21)19-16-18-11(2)14(22-16)5-3-4-8-17;/h6-7,9,20H,3-5,8,17H2,1-2H3,(H,18,19,21);1H. The second-order valence-electron chi connectivity index (χ2n) is 5.23. The summed E-state index contributed by atoms with van der Waals surface area (Å²) in [6, 6.07) is 4.87. The maximum atomic E-state index is 12.2. The fourth-order valence-electron chi connectivity index (χ4n) is 2.06. The number of phenols is 1. The number of nitrogens with one attached hydrogen (secondary N) is 1. The highest BCUT2D eigenvalue weighted by molar-refractivity contribution is 7.15. The molecule has 0 radical (unpaired) electrons. The second-order valence-corrected chi connectivity index (χ2v) is 6.31. The third-order valence-electron chi connectivity index (χ3n) is 3.44. The van der Waals surface area contributed by atoms with Crippen LogP contribution in [0.1, 0.15) is 39.3 Å². The van der Waals surface area contributed by atoms with Gasteiger partial charge in [0.05, 0.1) is 5.69 Å². The molecule has 23 heavy (non-hydrogen) atoms. The van der Waals surface area contributed by atoms with Gasteiger partial charge in [0.15, 0.2) is 5.13 Å². The van der Waals surface area contributed by atoms with E-state index in [1.807, 2.05) is 6.92 Å². The van der Waals surface area contributed by atoms with Crippen LogP contribution in [0.5, 0.6) is 5.75 Å². The Hall–Kier alpha value is -1.63.